The minimum absolute atomic E-state index is 0.182. The largest absolute Gasteiger partial charge is 0.371 e. The summed E-state index contributed by atoms with van der Waals surface area (Å²) >= 11 is 0. The van der Waals surface area contributed by atoms with Crippen LogP contribution in [0.4, 0.5) is 11.4 Å². The molecule has 4 rings (SSSR count). The number of carbonyl (C=O) groups excluding carboxylic acids is 1. The Morgan fingerprint density at radius 3 is 2.52 bits per heavy atom. The van der Waals surface area contributed by atoms with Crippen molar-refractivity contribution in [3.8, 4) is 0 Å². The van der Waals surface area contributed by atoms with Gasteiger partial charge in [-0.25, -0.2) is 8.42 Å². The topological polar surface area (TPSA) is 82.6 Å². The predicted molar refractivity (Wildman–Crippen MR) is 132 cm³/mol. The number of amides is 1. The SMILES string of the molecule is Cc1ccc(S(=O)(=O)N(C)CC(=O)Nc2ccc(N3CCCCC3)c3ccncc23)cc1C. The molecular weight excluding hydrogens is 436 g/mol. The van der Waals surface area contributed by atoms with E-state index >= 15 is 0 Å². The van der Waals surface area contributed by atoms with Gasteiger partial charge in [0.15, 0.2) is 0 Å². The molecule has 8 heteroatoms. The van der Waals surface area contributed by atoms with Gasteiger partial charge in [0, 0.05) is 49.0 Å². The van der Waals surface area contributed by atoms with Gasteiger partial charge in [-0.3, -0.25) is 9.78 Å². The summed E-state index contributed by atoms with van der Waals surface area (Å²) in [6.45, 7) is 5.55. The number of rotatable bonds is 6. The third-order valence-electron chi connectivity index (χ3n) is 6.32. The molecule has 1 fully saturated rings. The van der Waals surface area contributed by atoms with Gasteiger partial charge < -0.3 is 10.2 Å². The van der Waals surface area contributed by atoms with E-state index in [0.29, 0.717) is 5.69 Å². The second-order valence-electron chi connectivity index (χ2n) is 8.66. The lowest BCUT2D eigenvalue weighted by Gasteiger charge is -2.30. The Labute approximate surface area is 195 Å². The van der Waals surface area contributed by atoms with Crippen LogP contribution in [0.5, 0.6) is 0 Å². The van der Waals surface area contributed by atoms with Gasteiger partial charge in [-0.1, -0.05) is 6.07 Å². The number of nitrogens with zero attached hydrogens (tertiary/aromatic N) is 3. The minimum Gasteiger partial charge on any atom is -0.371 e. The number of aryl methyl sites for hydroxylation is 2. The van der Waals surface area contributed by atoms with Crippen molar-refractivity contribution >= 4 is 38.1 Å². The number of fused-ring (bicyclic) bond motifs is 1. The highest BCUT2D eigenvalue weighted by Gasteiger charge is 2.24. The van der Waals surface area contributed by atoms with Gasteiger partial charge in [-0.05, 0) is 74.6 Å². The average molecular weight is 467 g/mol. The van der Waals surface area contributed by atoms with E-state index in [2.05, 4.69) is 15.2 Å². The van der Waals surface area contributed by atoms with E-state index < -0.39 is 15.9 Å². The smallest absolute Gasteiger partial charge is 0.243 e. The van der Waals surface area contributed by atoms with E-state index in [1.807, 2.05) is 32.0 Å². The second-order valence-corrected chi connectivity index (χ2v) is 10.7. The van der Waals surface area contributed by atoms with Crippen molar-refractivity contribution in [1.82, 2.24) is 9.29 Å². The fourth-order valence-corrected chi connectivity index (χ4v) is 5.44. The summed E-state index contributed by atoms with van der Waals surface area (Å²) in [4.78, 5) is 19.6. The molecule has 1 aliphatic heterocycles. The molecule has 1 saturated heterocycles. The maximum atomic E-state index is 12.9. The Kier molecular flexibility index (Phi) is 6.67. The molecule has 3 aromatic rings. The number of pyridine rings is 1. The van der Waals surface area contributed by atoms with Crippen LogP contribution in [-0.4, -0.2) is 50.3 Å². The summed E-state index contributed by atoms with van der Waals surface area (Å²) in [7, 11) is -2.36. The van der Waals surface area contributed by atoms with E-state index in [4.69, 9.17) is 0 Å². The number of sulfonamides is 1. The van der Waals surface area contributed by atoms with E-state index in [-0.39, 0.29) is 11.4 Å². The molecule has 0 unspecified atom stereocenters. The van der Waals surface area contributed by atoms with E-state index in [1.165, 1.54) is 26.3 Å². The van der Waals surface area contributed by atoms with Crippen LogP contribution in [0, 0.1) is 13.8 Å². The number of anilines is 2. The number of hydrogen-bond acceptors (Lipinski definition) is 5. The average Bonchev–Trinajstić information content (AvgIpc) is 2.81. The van der Waals surface area contributed by atoms with Gasteiger partial charge in [0.1, 0.15) is 0 Å². The van der Waals surface area contributed by atoms with Crippen LogP contribution in [0.3, 0.4) is 0 Å². The van der Waals surface area contributed by atoms with Crippen molar-refractivity contribution in [2.24, 2.45) is 0 Å². The molecule has 0 spiro atoms. The molecule has 1 aliphatic rings. The summed E-state index contributed by atoms with van der Waals surface area (Å²) in [5.41, 5.74) is 3.67. The van der Waals surface area contributed by atoms with Gasteiger partial charge >= 0.3 is 0 Å². The zero-order valence-electron chi connectivity index (χ0n) is 19.3. The molecule has 1 aromatic heterocycles. The fourth-order valence-electron chi connectivity index (χ4n) is 4.23. The summed E-state index contributed by atoms with van der Waals surface area (Å²) in [5.74, 6) is -0.402. The van der Waals surface area contributed by atoms with Crippen molar-refractivity contribution in [3.63, 3.8) is 0 Å². The first-order valence-corrected chi connectivity index (χ1v) is 12.7. The van der Waals surface area contributed by atoms with Crippen molar-refractivity contribution < 1.29 is 13.2 Å². The first kappa shape index (κ1) is 23.2. The summed E-state index contributed by atoms with van der Waals surface area (Å²) < 4.78 is 27.0. The lowest BCUT2D eigenvalue weighted by Crippen LogP contribution is -2.35. The summed E-state index contributed by atoms with van der Waals surface area (Å²) in [5, 5.41) is 4.76. The quantitative estimate of drug-likeness (QED) is 0.591. The first-order chi connectivity index (χ1) is 15.8. The molecular formula is C25H30N4O3S. The second kappa shape index (κ2) is 9.49. The Morgan fingerprint density at radius 2 is 1.79 bits per heavy atom. The minimum atomic E-state index is -3.78. The monoisotopic (exact) mass is 466 g/mol. The molecule has 0 saturated carbocycles. The molecule has 33 heavy (non-hydrogen) atoms. The molecule has 174 valence electrons. The zero-order chi connectivity index (χ0) is 23.6. The van der Waals surface area contributed by atoms with Gasteiger partial charge in [-0.2, -0.15) is 4.31 Å². The maximum absolute atomic E-state index is 12.9. The van der Waals surface area contributed by atoms with Crippen molar-refractivity contribution in [2.75, 3.05) is 36.9 Å². The lowest BCUT2D eigenvalue weighted by molar-refractivity contribution is -0.116. The normalized spacial score (nSPS) is 14.6. The fraction of sp³-hybridized carbons (Fsp3) is 0.360. The van der Waals surface area contributed by atoms with Crippen LogP contribution >= 0.6 is 0 Å². The Balaban J connectivity index is 1.53. The van der Waals surface area contributed by atoms with E-state index in [9.17, 15) is 13.2 Å². The standard InChI is InChI=1S/C25H30N4O3S/c1-18-7-8-20(15-19(18)2)33(31,32)28(3)17-25(30)27-23-9-10-24(29-13-5-4-6-14-29)21-11-12-26-16-22(21)23/h7-12,15-16H,4-6,13-14,17H2,1-3H3,(H,27,30). The lowest BCUT2D eigenvalue weighted by atomic mass is 10.1. The molecule has 0 atom stereocenters. The highest BCUT2D eigenvalue weighted by atomic mass is 32.2. The molecule has 7 nitrogen and oxygen atoms in total. The molecule has 1 amide bonds. The van der Waals surface area contributed by atoms with Crippen LogP contribution in [0.25, 0.3) is 10.8 Å². The molecule has 0 aliphatic carbocycles. The molecule has 1 N–H and O–H groups in total. The van der Waals surface area contributed by atoms with Gasteiger partial charge in [0.2, 0.25) is 15.9 Å². The van der Waals surface area contributed by atoms with Crippen molar-refractivity contribution in [1.29, 1.82) is 0 Å². The van der Waals surface area contributed by atoms with E-state index in [0.717, 1.165) is 45.0 Å². The number of piperidine rings is 1. The van der Waals surface area contributed by atoms with Crippen LogP contribution in [-0.2, 0) is 14.8 Å². The third kappa shape index (κ3) is 4.86. The number of hydrogen-bond donors (Lipinski definition) is 1. The van der Waals surface area contributed by atoms with Crippen LogP contribution in [0.2, 0.25) is 0 Å². The van der Waals surface area contributed by atoms with Gasteiger partial charge in [0.25, 0.3) is 0 Å². The number of nitrogens with one attached hydrogen (secondary N) is 1. The highest BCUT2D eigenvalue weighted by molar-refractivity contribution is 7.89. The highest BCUT2D eigenvalue weighted by Crippen LogP contribution is 2.33. The maximum Gasteiger partial charge on any atom is 0.243 e. The molecule has 2 aromatic carbocycles. The Morgan fingerprint density at radius 1 is 1.03 bits per heavy atom. The summed E-state index contributed by atoms with van der Waals surface area (Å²) in [6, 6.07) is 10.9. The van der Waals surface area contributed by atoms with Gasteiger partial charge in [0.05, 0.1) is 17.1 Å². The third-order valence-corrected chi connectivity index (χ3v) is 8.12. The Hall–Kier alpha value is -2.97. The van der Waals surface area contributed by atoms with Crippen LogP contribution in [0.15, 0.2) is 53.7 Å². The first-order valence-electron chi connectivity index (χ1n) is 11.2. The number of likely N-dealkylation sites (N-methyl/N-ethyl adjacent to an activating group) is 1. The predicted octanol–water partition coefficient (Wildman–Crippen LogP) is 4.10. The van der Waals surface area contributed by atoms with E-state index in [1.54, 1.807) is 30.6 Å². The Bertz CT molecular complexity index is 1280. The van der Waals surface area contributed by atoms with Crippen LogP contribution < -0.4 is 10.2 Å². The molecule has 2 heterocycles. The van der Waals surface area contributed by atoms with Gasteiger partial charge in [-0.15, -0.1) is 0 Å². The van der Waals surface area contributed by atoms with Crippen LogP contribution in [0.1, 0.15) is 30.4 Å². The van der Waals surface area contributed by atoms with Crippen molar-refractivity contribution in [2.45, 2.75) is 38.0 Å². The zero-order valence-corrected chi connectivity index (χ0v) is 20.2. The number of aromatic nitrogens is 1. The molecule has 0 bridgehead atoms. The molecule has 0 radical (unpaired) electrons. The van der Waals surface area contributed by atoms with Crippen molar-refractivity contribution in [3.05, 3.63) is 59.9 Å². The number of benzene rings is 2. The number of carbonyl (C=O) groups is 1. The summed E-state index contributed by atoms with van der Waals surface area (Å²) in [6.07, 6.45) is 7.10.